The Bertz CT molecular complexity index is 998. The van der Waals surface area contributed by atoms with Gasteiger partial charge in [-0.25, -0.2) is 4.79 Å². The highest BCUT2D eigenvalue weighted by molar-refractivity contribution is 5.92. The van der Waals surface area contributed by atoms with E-state index in [9.17, 15) is 4.79 Å². The van der Waals surface area contributed by atoms with Gasteiger partial charge < -0.3 is 9.47 Å². The number of esters is 1. The number of hydrazone groups is 1. The third-order valence-corrected chi connectivity index (χ3v) is 4.31. The molecule has 3 rings (SSSR count). The maximum atomic E-state index is 12.4. The van der Waals surface area contributed by atoms with Crippen LogP contribution in [0.15, 0.2) is 71.8 Å². The Morgan fingerprint density at radius 3 is 2.43 bits per heavy atom. The fraction of sp³-hybridized carbons (Fsp3) is 0.130. The van der Waals surface area contributed by atoms with Crippen molar-refractivity contribution in [2.75, 3.05) is 12.5 Å². The maximum absolute atomic E-state index is 12.4. The first-order valence-electron chi connectivity index (χ1n) is 8.88. The molecule has 0 spiro atoms. The summed E-state index contributed by atoms with van der Waals surface area (Å²) < 4.78 is 10.9. The molecule has 5 nitrogen and oxygen atoms in total. The van der Waals surface area contributed by atoms with E-state index in [2.05, 4.69) is 10.5 Å². The zero-order valence-corrected chi connectivity index (χ0v) is 16.1. The van der Waals surface area contributed by atoms with Crippen LogP contribution < -0.4 is 14.9 Å². The normalized spacial score (nSPS) is 10.7. The summed E-state index contributed by atoms with van der Waals surface area (Å²) in [5.74, 6) is 0.397. The average molecular weight is 374 g/mol. The van der Waals surface area contributed by atoms with Gasteiger partial charge in [-0.15, -0.1) is 0 Å². The molecule has 0 bridgehead atoms. The number of carbonyl (C=O) groups is 1. The first-order chi connectivity index (χ1) is 13.6. The highest BCUT2D eigenvalue weighted by Crippen LogP contribution is 2.28. The van der Waals surface area contributed by atoms with E-state index in [0.29, 0.717) is 17.1 Å². The van der Waals surface area contributed by atoms with Crippen LogP contribution in [0.1, 0.15) is 27.0 Å². The predicted octanol–water partition coefficient (Wildman–Crippen LogP) is 4.98. The van der Waals surface area contributed by atoms with E-state index < -0.39 is 5.97 Å². The quantitative estimate of drug-likeness (QED) is 0.286. The molecular formula is C23H22N2O3. The molecule has 0 aliphatic carbocycles. The van der Waals surface area contributed by atoms with Crippen LogP contribution in [0.3, 0.4) is 0 Å². The van der Waals surface area contributed by atoms with E-state index in [1.54, 1.807) is 24.4 Å². The molecule has 0 saturated heterocycles. The van der Waals surface area contributed by atoms with Gasteiger partial charge in [0.2, 0.25) is 0 Å². The van der Waals surface area contributed by atoms with Crippen LogP contribution in [-0.2, 0) is 0 Å². The minimum absolute atomic E-state index is 0.360. The number of nitrogens with one attached hydrogen (secondary N) is 1. The molecule has 0 aliphatic heterocycles. The first-order valence-corrected chi connectivity index (χ1v) is 8.88. The highest BCUT2D eigenvalue weighted by atomic mass is 16.6. The second-order valence-electron chi connectivity index (χ2n) is 6.33. The molecule has 0 aromatic heterocycles. The van der Waals surface area contributed by atoms with Crippen LogP contribution >= 0.6 is 0 Å². The van der Waals surface area contributed by atoms with Crippen molar-refractivity contribution in [1.82, 2.24) is 0 Å². The summed E-state index contributed by atoms with van der Waals surface area (Å²) in [4.78, 5) is 12.4. The van der Waals surface area contributed by atoms with Crippen LogP contribution in [0.4, 0.5) is 5.69 Å². The topological polar surface area (TPSA) is 59.9 Å². The number of benzene rings is 3. The minimum atomic E-state index is -0.423. The number of anilines is 1. The van der Waals surface area contributed by atoms with Crippen LogP contribution in [0.5, 0.6) is 11.5 Å². The van der Waals surface area contributed by atoms with E-state index in [1.807, 2.05) is 62.4 Å². The van der Waals surface area contributed by atoms with Gasteiger partial charge in [0.15, 0.2) is 11.5 Å². The van der Waals surface area contributed by atoms with Crippen molar-refractivity contribution in [2.45, 2.75) is 13.8 Å². The number of hydrogen-bond donors (Lipinski definition) is 1. The largest absolute Gasteiger partial charge is 0.493 e. The second kappa shape index (κ2) is 8.86. The Balaban J connectivity index is 1.72. The van der Waals surface area contributed by atoms with Crippen molar-refractivity contribution in [3.05, 3.63) is 89.0 Å². The van der Waals surface area contributed by atoms with Crippen molar-refractivity contribution in [1.29, 1.82) is 0 Å². The molecule has 5 heteroatoms. The molecule has 142 valence electrons. The van der Waals surface area contributed by atoms with Crippen molar-refractivity contribution in [2.24, 2.45) is 5.10 Å². The number of carbonyl (C=O) groups excluding carboxylic acids is 1. The smallest absolute Gasteiger partial charge is 0.343 e. The zero-order chi connectivity index (χ0) is 19.9. The van der Waals surface area contributed by atoms with Gasteiger partial charge in [0, 0.05) is 0 Å². The van der Waals surface area contributed by atoms with Gasteiger partial charge in [-0.05, 0) is 73.0 Å². The van der Waals surface area contributed by atoms with Crippen molar-refractivity contribution in [3.63, 3.8) is 0 Å². The fourth-order valence-electron chi connectivity index (χ4n) is 2.57. The van der Waals surface area contributed by atoms with Crippen LogP contribution in [0, 0.1) is 13.8 Å². The number of aryl methyl sites for hydroxylation is 2. The highest BCUT2D eigenvalue weighted by Gasteiger charge is 2.13. The third kappa shape index (κ3) is 4.76. The number of hydrogen-bond acceptors (Lipinski definition) is 5. The van der Waals surface area contributed by atoms with Gasteiger partial charge in [0.25, 0.3) is 0 Å². The van der Waals surface area contributed by atoms with Gasteiger partial charge in [0.05, 0.1) is 24.6 Å². The number of rotatable bonds is 6. The summed E-state index contributed by atoms with van der Waals surface area (Å²) in [7, 11) is 1.53. The van der Waals surface area contributed by atoms with E-state index in [-0.39, 0.29) is 0 Å². The number of ether oxygens (including phenoxy) is 2. The van der Waals surface area contributed by atoms with Crippen molar-refractivity contribution >= 4 is 17.9 Å². The van der Waals surface area contributed by atoms with E-state index in [1.165, 1.54) is 7.11 Å². The summed E-state index contributed by atoms with van der Waals surface area (Å²) in [6.45, 7) is 3.96. The minimum Gasteiger partial charge on any atom is -0.493 e. The summed E-state index contributed by atoms with van der Waals surface area (Å²) in [6.07, 6.45) is 1.67. The number of methoxy groups -OCH3 is 1. The predicted molar refractivity (Wildman–Crippen MR) is 112 cm³/mol. The molecular weight excluding hydrogens is 352 g/mol. The Kier molecular flexibility index (Phi) is 6.07. The number of nitrogens with zero attached hydrogens (tertiary/aromatic N) is 1. The van der Waals surface area contributed by atoms with E-state index >= 15 is 0 Å². The van der Waals surface area contributed by atoms with Gasteiger partial charge in [-0.2, -0.15) is 5.10 Å². The SMILES string of the molecule is COc1cc(/C=N/Nc2ccccc2)ccc1OC(=O)c1ccc(C)c(C)c1. The third-order valence-electron chi connectivity index (χ3n) is 4.31. The lowest BCUT2D eigenvalue weighted by Gasteiger charge is -2.10. The Hall–Kier alpha value is -3.60. The maximum Gasteiger partial charge on any atom is 0.343 e. The van der Waals surface area contributed by atoms with E-state index in [4.69, 9.17) is 9.47 Å². The first kappa shape index (κ1) is 19.2. The molecule has 0 atom stereocenters. The van der Waals surface area contributed by atoms with Gasteiger partial charge in [0.1, 0.15) is 0 Å². The van der Waals surface area contributed by atoms with E-state index in [0.717, 1.165) is 22.4 Å². The summed E-state index contributed by atoms with van der Waals surface area (Å²) in [5, 5.41) is 4.21. The standard InChI is InChI=1S/C23H22N2O3/c1-16-9-11-19(13-17(16)2)23(26)28-21-12-10-18(14-22(21)27-3)15-24-25-20-7-5-4-6-8-20/h4-15,25H,1-3H3/b24-15+. The Morgan fingerprint density at radius 1 is 0.929 bits per heavy atom. The molecule has 0 aliphatic rings. The van der Waals surface area contributed by atoms with Gasteiger partial charge in [-0.3, -0.25) is 5.43 Å². The van der Waals surface area contributed by atoms with Crippen LogP contribution in [-0.4, -0.2) is 19.3 Å². The lowest BCUT2D eigenvalue weighted by atomic mass is 10.1. The lowest BCUT2D eigenvalue weighted by molar-refractivity contribution is 0.0729. The molecule has 0 saturated carbocycles. The Morgan fingerprint density at radius 2 is 1.71 bits per heavy atom. The molecule has 0 radical (unpaired) electrons. The lowest BCUT2D eigenvalue weighted by Crippen LogP contribution is -2.10. The molecule has 3 aromatic carbocycles. The number of para-hydroxylation sites is 1. The van der Waals surface area contributed by atoms with Crippen LogP contribution in [0.2, 0.25) is 0 Å². The molecule has 1 N–H and O–H groups in total. The van der Waals surface area contributed by atoms with Gasteiger partial charge >= 0.3 is 5.97 Å². The Labute approximate surface area is 164 Å². The van der Waals surface area contributed by atoms with Gasteiger partial charge in [-0.1, -0.05) is 24.3 Å². The summed E-state index contributed by atoms with van der Waals surface area (Å²) in [6, 6.07) is 20.4. The molecule has 28 heavy (non-hydrogen) atoms. The summed E-state index contributed by atoms with van der Waals surface area (Å²) in [5.41, 5.74) is 7.33. The average Bonchev–Trinajstić information content (AvgIpc) is 2.71. The molecule has 0 unspecified atom stereocenters. The van der Waals surface area contributed by atoms with Crippen molar-refractivity contribution < 1.29 is 14.3 Å². The molecule has 3 aromatic rings. The monoisotopic (exact) mass is 374 g/mol. The molecule has 0 amide bonds. The zero-order valence-electron chi connectivity index (χ0n) is 16.1. The van der Waals surface area contributed by atoms with Crippen molar-refractivity contribution in [3.8, 4) is 11.5 Å². The van der Waals surface area contributed by atoms with Crippen LogP contribution in [0.25, 0.3) is 0 Å². The second-order valence-corrected chi connectivity index (χ2v) is 6.33. The summed E-state index contributed by atoms with van der Waals surface area (Å²) >= 11 is 0. The molecule has 0 heterocycles. The fourth-order valence-corrected chi connectivity index (χ4v) is 2.57. The molecule has 0 fully saturated rings.